The third-order valence-corrected chi connectivity index (χ3v) is 3.01. The summed E-state index contributed by atoms with van der Waals surface area (Å²) in [6.45, 7) is 0.0221. The van der Waals surface area contributed by atoms with Crippen LogP contribution in [-0.2, 0) is 11.0 Å². The fraction of sp³-hybridized carbons (Fsp3) is 0.188. The second-order valence-corrected chi connectivity index (χ2v) is 4.78. The molecule has 0 aromatic heterocycles. The van der Waals surface area contributed by atoms with Crippen LogP contribution in [0.1, 0.15) is 12.0 Å². The molecule has 0 heterocycles. The van der Waals surface area contributed by atoms with Crippen LogP contribution < -0.4 is 10.6 Å². The molecule has 2 aromatic carbocycles. The molecule has 7 heteroatoms. The third kappa shape index (κ3) is 4.98. The van der Waals surface area contributed by atoms with Crippen molar-refractivity contribution in [2.45, 2.75) is 12.6 Å². The molecule has 0 unspecified atom stereocenters. The first-order valence-electron chi connectivity index (χ1n) is 6.82. The van der Waals surface area contributed by atoms with E-state index in [0.29, 0.717) is 5.69 Å². The minimum atomic E-state index is -4.46. The van der Waals surface area contributed by atoms with E-state index in [4.69, 9.17) is 0 Å². The molecular weight excluding hydrogens is 312 g/mol. The minimum Gasteiger partial charge on any atom is -0.384 e. The first kappa shape index (κ1) is 16.8. The van der Waals surface area contributed by atoms with Crippen molar-refractivity contribution in [2.24, 2.45) is 0 Å². The largest absolute Gasteiger partial charge is 0.418 e. The van der Waals surface area contributed by atoms with Crippen LogP contribution in [0.4, 0.5) is 28.9 Å². The van der Waals surface area contributed by atoms with E-state index in [-0.39, 0.29) is 18.7 Å². The van der Waals surface area contributed by atoms with E-state index in [2.05, 4.69) is 10.6 Å². The van der Waals surface area contributed by atoms with Crippen LogP contribution >= 0.6 is 0 Å². The van der Waals surface area contributed by atoms with Gasteiger partial charge in [-0.3, -0.25) is 4.79 Å². The molecule has 0 bridgehead atoms. The highest BCUT2D eigenvalue weighted by Gasteiger charge is 2.32. The average molecular weight is 326 g/mol. The van der Waals surface area contributed by atoms with Crippen molar-refractivity contribution in [1.29, 1.82) is 0 Å². The van der Waals surface area contributed by atoms with E-state index in [1.807, 2.05) is 0 Å². The summed E-state index contributed by atoms with van der Waals surface area (Å²) in [7, 11) is 0. The van der Waals surface area contributed by atoms with Gasteiger partial charge in [0.15, 0.2) is 0 Å². The van der Waals surface area contributed by atoms with Crippen molar-refractivity contribution in [3.05, 3.63) is 59.9 Å². The molecule has 0 aliphatic heterocycles. The molecular formula is C16H14F4N2O. The average Bonchev–Trinajstić information content (AvgIpc) is 2.46. The summed E-state index contributed by atoms with van der Waals surface area (Å²) in [6, 6.07) is 10.4. The third-order valence-electron chi connectivity index (χ3n) is 3.01. The summed E-state index contributed by atoms with van der Waals surface area (Å²) in [4.78, 5) is 11.7. The van der Waals surface area contributed by atoms with Crippen LogP contribution in [-0.4, -0.2) is 12.5 Å². The van der Waals surface area contributed by atoms with Crippen molar-refractivity contribution in [3.8, 4) is 0 Å². The van der Waals surface area contributed by atoms with Crippen LogP contribution in [0.25, 0.3) is 0 Å². The molecule has 0 aliphatic rings. The van der Waals surface area contributed by atoms with E-state index < -0.39 is 23.5 Å². The highest BCUT2D eigenvalue weighted by atomic mass is 19.4. The summed E-state index contributed by atoms with van der Waals surface area (Å²) < 4.78 is 51.4. The van der Waals surface area contributed by atoms with Gasteiger partial charge >= 0.3 is 6.18 Å². The minimum absolute atomic E-state index is 0.0221. The summed E-state index contributed by atoms with van der Waals surface area (Å²) in [5, 5.41) is 5.07. The number of rotatable bonds is 5. The zero-order valence-electron chi connectivity index (χ0n) is 12.0. The fourth-order valence-electron chi connectivity index (χ4n) is 1.98. The van der Waals surface area contributed by atoms with Crippen LogP contribution in [0.3, 0.4) is 0 Å². The number of carbonyl (C=O) groups excluding carboxylic acids is 1. The number of anilines is 2. The predicted molar refractivity (Wildman–Crippen MR) is 79.6 cm³/mol. The zero-order chi connectivity index (χ0) is 16.9. The Balaban J connectivity index is 1.89. The van der Waals surface area contributed by atoms with Gasteiger partial charge in [0, 0.05) is 24.3 Å². The van der Waals surface area contributed by atoms with Gasteiger partial charge in [0.1, 0.15) is 5.82 Å². The van der Waals surface area contributed by atoms with Gasteiger partial charge in [-0.25, -0.2) is 4.39 Å². The molecule has 0 atom stereocenters. The first-order chi connectivity index (χ1) is 10.9. The number of nitrogens with one attached hydrogen (secondary N) is 2. The van der Waals surface area contributed by atoms with Gasteiger partial charge < -0.3 is 10.6 Å². The summed E-state index contributed by atoms with van der Waals surface area (Å²) in [5.41, 5.74) is -0.574. The quantitative estimate of drug-likeness (QED) is 0.805. The summed E-state index contributed by atoms with van der Waals surface area (Å²) in [5.74, 6) is -0.910. The highest BCUT2D eigenvalue weighted by Crippen LogP contribution is 2.34. The van der Waals surface area contributed by atoms with E-state index >= 15 is 0 Å². The van der Waals surface area contributed by atoms with E-state index in [0.717, 1.165) is 12.1 Å². The Labute approximate surface area is 130 Å². The summed E-state index contributed by atoms with van der Waals surface area (Å²) in [6.07, 6.45) is -4.52. The van der Waals surface area contributed by atoms with Gasteiger partial charge in [0.2, 0.25) is 5.91 Å². The standard InChI is InChI=1S/C16H14F4N2O/c17-11-4-3-5-12(10-11)22-15(23)8-9-21-14-7-2-1-6-13(14)16(18,19)20/h1-7,10,21H,8-9H2,(H,22,23). The Bertz CT molecular complexity index is 686. The van der Waals surface area contributed by atoms with Gasteiger partial charge in [-0.1, -0.05) is 18.2 Å². The SMILES string of the molecule is O=C(CCNc1ccccc1C(F)(F)F)Nc1cccc(F)c1. The summed E-state index contributed by atoms with van der Waals surface area (Å²) >= 11 is 0. The normalized spacial score (nSPS) is 11.1. The van der Waals surface area contributed by atoms with Crippen LogP contribution in [0.2, 0.25) is 0 Å². The number of amides is 1. The second kappa shape index (κ2) is 7.13. The Morgan fingerprint density at radius 2 is 1.78 bits per heavy atom. The Hall–Kier alpha value is -2.57. The molecule has 0 spiro atoms. The molecule has 2 aromatic rings. The highest BCUT2D eigenvalue weighted by molar-refractivity contribution is 5.90. The van der Waals surface area contributed by atoms with Crippen molar-refractivity contribution in [2.75, 3.05) is 17.2 Å². The number of benzene rings is 2. The van der Waals surface area contributed by atoms with E-state index in [1.54, 1.807) is 0 Å². The molecule has 0 saturated carbocycles. The van der Waals surface area contributed by atoms with Crippen molar-refractivity contribution in [3.63, 3.8) is 0 Å². The number of para-hydroxylation sites is 1. The first-order valence-corrected chi connectivity index (χ1v) is 6.82. The molecule has 0 saturated heterocycles. The van der Waals surface area contributed by atoms with Crippen LogP contribution in [0.5, 0.6) is 0 Å². The number of hydrogen-bond donors (Lipinski definition) is 2. The maximum Gasteiger partial charge on any atom is 0.418 e. The van der Waals surface area contributed by atoms with Crippen molar-refractivity contribution < 1.29 is 22.4 Å². The maximum absolute atomic E-state index is 13.0. The lowest BCUT2D eigenvalue weighted by molar-refractivity contribution is -0.137. The predicted octanol–water partition coefficient (Wildman–Crippen LogP) is 4.29. The Kier molecular flexibility index (Phi) is 5.20. The fourth-order valence-corrected chi connectivity index (χ4v) is 1.98. The van der Waals surface area contributed by atoms with Gasteiger partial charge in [0.25, 0.3) is 0 Å². The molecule has 0 aliphatic carbocycles. The van der Waals surface area contributed by atoms with Gasteiger partial charge in [-0.05, 0) is 30.3 Å². The van der Waals surface area contributed by atoms with Crippen molar-refractivity contribution >= 4 is 17.3 Å². The molecule has 0 radical (unpaired) electrons. The monoisotopic (exact) mass is 326 g/mol. The molecule has 2 rings (SSSR count). The van der Waals surface area contributed by atoms with Gasteiger partial charge in [-0.2, -0.15) is 13.2 Å². The van der Waals surface area contributed by atoms with E-state index in [1.165, 1.54) is 36.4 Å². The molecule has 0 fully saturated rings. The topological polar surface area (TPSA) is 41.1 Å². The van der Waals surface area contributed by atoms with Gasteiger partial charge in [-0.15, -0.1) is 0 Å². The van der Waals surface area contributed by atoms with Crippen LogP contribution in [0.15, 0.2) is 48.5 Å². The Morgan fingerprint density at radius 1 is 1.04 bits per heavy atom. The lowest BCUT2D eigenvalue weighted by Gasteiger charge is -2.14. The maximum atomic E-state index is 13.0. The zero-order valence-corrected chi connectivity index (χ0v) is 12.0. The smallest absolute Gasteiger partial charge is 0.384 e. The van der Waals surface area contributed by atoms with Gasteiger partial charge in [0.05, 0.1) is 5.56 Å². The molecule has 2 N–H and O–H groups in total. The second-order valence-electron chi connectivity index (χ2n) is 4.78. The lowest BCUT2D eigenvalue weighted by Crippen LogP contribution is -2.17. The lowest BCUT2D eigenvalue weighted by atomic mass is 10.1. The molecule has 1 amide bonds. The van der Waals surface area contributed by atoms with Crippen LogP contribution in [0, 0.1) is 5.82 Å². The number of halogens is 4. The molecule has 122 valence electrons. The van der Waals surface area contributed by atoms with Crippen molar-refractivity contribution in [1.82, 2.24) is 0 Å². The number of carbonyl (C=O) groups is 1. The number of alkyl halides is 3. The molecule has 23 heavy (non-hydrogen) atoms. The molecule has 3 nitrogen and oxygen atoms in total. The Morgan fingerprint density at radius 3 is 2.48 bits per heavy atom. The number of hydrogen-bond acceptors (Lipinski definition) is 2. The van der Waals surface area contributed by atoms with E-state index in [9.17, 15) is 22.4 Å².